The standard InChI is InChI=1S/C39H36S4/c1-39(2,33-15-17-37(42-21-19-40)35(25-33)31-13-11-27-7-3-5-9-29(27)23-31)34-16-18-38(43-22-20-41)36(26-34)32-14-12-28-8-4-6-10-30(28)24-32/h3-18,23-26,40-41H,19-22H2,1-2H3. The van der Waals surface area contributed by atoms with Gasteiger partial charge in [0, 0.05) is 26.7 Å². The van der Waals surface area contributed by atoms with Crippen molar-refractivity contribution in [1.82, 2.24) is 0 Å². The van der Waals surface area contributed by atoms with Crippen molar-refractivity contribution in [3.63, 3.8) is 0 Å². The highest BCUT2D eigenvalue weighted by Crippen LogP contribution is 2.42. The van der Waals surface area contributed by atoms with Crippen LogP contribution in [0.2, 0.25) is 0 Å². The van der Waals surface area contributed by atoms with Gasteiger partial charge in [-0.1, -0.05) is 98.8 Å². The van der Waals surface area contributed by atoms with Gasteiger partial charge in [0.05, 0.1) is 0 Å². The van der Waals surface area contributed by atoms with Crippen molar-refractivity contribution < 1.29 is 0 Å². The fourth-order valence-corrected chi connectivity index (χ4v) is 7.90. The zero-order valence-corrected chi connectivity index (χ0v) is 28.0. The van der Waals surface area contributed by atoms with E-state index in [9.17, 15) is 0 Å². The summed E-state index contributed by atoms with van der Waals surface area (Å²) in [4.78, 5) is 2.61. The monoisotopic (exact) mass is 632 g/mol. The lowest BCUT2D eigenvalue weighted by Crippen LogP contribution is -2.19. The normalized spacial score (nSPS) is 11.8. The van der Waals surface area contributed by atoms with E-state index in [0.717, 1.165) is 23.0 Å². The fraction of sp³-hybridized carbons (Fsp3) is 0.179. The smallest absolute Gasteiger partial charge is 0.0151 e. The van der Waals surface area contributed by atoms with E-state index in [1.54, 1.807) is 0 Å². The summed E-state index contributed by atoms with van der Waals surface area (Å²) in [6, 6.07) is 45.0. The number of rotatable bonds is 10. The molecular formula is C39H36S4. The molecule has 0 atom stereocenters. The SMILES string of the molecule is CC(C)(c1ccc(SCCS)c(-c2ccc3ccccc3c2)c1)c1ccc(SCCS)c(-c2ccc3ccccc3c2)c1. The lowest BCUT2D eigenvalue weighted by Gasteiger charge is -2.29. The average Bonchev–Trinajstić information content (AvgIpc) is 3.05. The van der Waals surface area contributed by atoms with Gasteiger partial charge in [-0.2, -0.15) is 25.3 Å². The molecule has 216 valence electrons. The van der Waals surface area contributed by atoms with Gasteiger partial charge in [-0.05, 0) is 103 Å². The molecule has 6 aromatic rings. The summed E-state index contributed by atoms with van der Waals surface area (Å²) in [5.41, 5.74) is 7.52. The summed E-state index contributed by atoms with van der Waals surface area (Å²) < 4.78 is 0. The molecule has 0 nitrogen and oxygen atoms in total. The van der Waals surface area contributed by atoms with Gasteiger partial charge in [0.25, 0.3) is 0 Å². The van der Waals surface area contributed by atoms with Crippen molar-refractivity contribution in [2.24, 2.45) is 0 Å². The van der Waals surface area contributed by atoms with Crippen LogP contribution in [0.15, 0.2) is 131 Å². The Labute approximate surface area is 275 Å². The molecule has 0 unspecified atom stereocenters. The van der Waals surface area contributed by atoms with Gasteiger partial charge in [-0.3, -0.25) is 0 Å². The van der Waals surface area contributed by atoms with Gasteiger partial charge in [0.2, 0.25) is 0 Å². The molecular weight excluding hydrogens is 597 g/mol. The van der Waals surface area contributed by atoms with E-state index >= 15 is 0 Å². The first-order chi connectivity index (χ1) is 21.0. The lowest BCUT2D eigenvalue weighted by molar-refractivity contribution is 0.640. The van der Waals surface area contributed by atoms with Gasteiger partial charge in [-0.25, -0.2) is 0 Å². The molecule has 0 heterocycles. The summed E-state index contributed by atoms with van der Waals surface area (Å²) >= 11 is 12.8. The van der Waals surface area contributed by atoms with Crippen LogP contribution in [0.4, 0.5) is 0 Å². The second-order valence-corrected chi connectivity index (χ2v) is 14.5. The molecule has 4 heteroatoms. The molecule has 0 saturated heterocycles. The average molecular weight is 633 g/mol. The molecule has 0 fully saturated rings. The van der Waals surface area contributed by atoms with Crippen LogP contribution in [0.1, 0.15) is 25.0 Å². The third-order valence-corrected chi connectivity index (χ3v) is 11.4. The van der Waals surface area contributed by atoms with Crippen LogP contribution in [-0.4, -0.2) is 23.0 Å². The maximum Gasteiger partial charge on any atom is 0.0151 e. The molecule has 0 N–H and O–H groups in total. The van der Waals surface area contributed by atoms with Crippen LogP contribution in [0.25, 0.3) is 43.8 Å². The van der Waals surface area contributed by atoms with E-state index in [4.69, 9.17) is 0 Å². The van der Waals surface area contributed by atoms with Gasteiger partial charge >= 0.3 is 0 Å². The summed E-state index contributed by atoms with van der Waals surface area (Å²) in [5.74, 6) is 3.66. The minimum absolute atomic E-state index is 0.198. The Morgan fingerprint density at radius 1 is 0.488 bits per heavy atom. The third-order valence-electron chi connectivity index (χ3n) is 8.22. The second-order valence-electron chi connectivity index (χ2n) is 11.3. The molecule has 6 aromatic carbocycles. The van der Waals surface area contributed by atoms with Crippen LogP contribution in [0, 0.1) is 0 Å². The van der Waals surface area contributed by atoms with Gasteiger partial charge in [0.15, 0.2) is 0 Å². The first kappa shape index (κ1) is 30.3. The van der Waals surface area contributed by atoms with E-state index in [-0.39, 0.29) is 5.41 Å². The zero-order chi connectivity index (χ0) is 29.8. The Balaban J connectivity index is 1.45. The highest BCUT2D eigenvalue weighted by atomic mass is 32.2. The Kier molecular flexibility index (Phi) is 9.49. The molecule has 0 spiro atoms. The molecule has 0 radical (unpaired) electrons. The third kappa shape index (κ3) is 6.54. The van der Waals surface area contributed by atoms with E-state index in [1.807, 2.05) is 23.5 Å². The number of thioether (sulfide) groups is 2. The highest BCUT2D eigenvalue weighted by molar-refractivity contribution is 8.00. The van der Waals surface area contributed by atoms with Crippen molar-refractivity contribution in [3.05, 3.63) is 132 Å². The largest absolute Gasteiger partial charge is 0.178 e. The van der Waals surface area contributed by atoms with Gasteiger partial charge in [0.1, 0.15) is 0 Å². The Hall–Kier alpha value is -2.76. The first-order valence-corrected chi connectivity index (χ1v) is 18.0. The quantitative estimate of drug-likeness (QED) is 0.114. The minimum atomic E-state index is -0.198. The molecule has 6 rings (SSSR count). The van der Waals surface area contributed by atoms with Crippen molar-refractivity contribution in [2.45, 2.75) is 29.1 Å². The molecule has 0 aliphatic heterocycles. The van der Waals surface area contributed by atoms with Crippen LogP contribution < -0.4 is 0 Å². The molecule has 0 saturated carbocycles. The van der Waals surface area contributed by atoms with Gasteiger partial charge < -0.3 is 0 Å². The summed E-state index contributed by atoms with van der Waals surface area (Å²) in [6.45, 7) is 4.71. The number of benzene rings is 6. The second kappa shape index (κ2) is 13.5. The molecule has 0 amide bonds. The zero-order valence-electron chi connectivity index (χ0n) is 24.6. The number of hydrogen-bond donors (Lipinski definition) is 2. The van der Waals surface area contributed by atoms with E-state index in [2.05, 4.69) is 160 Å². The Morgan fingerprint density at radius 2 is 0.907 bits per heavy atom. The Bertz CT molecular complexity index is 1750. The van der Waals surface area contributed by atoms with E-state index in [1.165, 1.54) is 64.7 Å². The first-order valence-electron chi connectivity index (χ1n) is 14.7. The molecule has 0 aliphatic rings. The van der Waals surface area contributed by atoms with Crippen LogP contribution in [0.3, 0.4) is 0 Å². The summed E-state index contributed by atoms with van der Waals surface area (Å²) in [7, 11) is 0. The van der Waals surface area contributed by atoms with Crippen LogP contribution in [0.5, 0.6) is 0 Å². The molecule has 0 bridgehead atoms. The minimum Gasteiger partial charge on any atom is -0.178 e. The summed E-state index contributed by atoms with van der Waals surface area (Å²) in [6.07, 6.45) is 0. The predicted octanol–water partition coefficient (Wildman–Crippen LogP) is 11.7. The Morgan fingerprint density at radius 3 is 1.33 bits per heavy atom. The van der Waals surface area contributed by atoms with Crippen molar-refractivity contribution in [3.8, 4) is 22.3 Å². The maximum atomic E-state index is 4.50. The van der Waals surface area contributed by atoms with E-state index in [0.29, 0.717) is 0 Å². The van der Waals surface area contributed by atoms with Crippen molar-refractivity contribution in [2.75, 3.05) is 23.0 Å². The molecule has 0 aromatic heterocycles. The number of thiol groups is 2. The predicted molar refractivity (Wildman–Crippen MR) is 200 cm³/mol. The summed E-state index contributed by atoms with van der Waals surface area (Å²) in [5, 5.41) is 5.07. The number of hydrogen-bond acceptors (Lipinski definition) is 4. The number of fused-ring (bicyclic) bond motifs is 2. The molecule has 43 heavy (non-hydrogen) atoms. The van der Waals surface area contributed by atoms with Crippen LogP contribution >= 0.6 is 48.8 Å². The highest BCUT2D eigenvalue weighted by Gasteiger charge is 2.26. The maximum absolute atomic E-state index is 4.50. The molecule has 0 aliphatic carbocycles. The van der Waals surface area contributed by atoms with Crippen molar-refractivity contribution >= 4 is 70.3 Å². The van der Waals surface area contributed by atoms with Crippen LogP contribution in [-0.2, 0) is 5.41 Å². The topological polar surface area (TPSA) is 0 Å². The van der Waals surface area contributed by atoms with E-state index < -0.39 is 0 Å². The van der Waals surface area contributed by atoms with Gasteiger partial charge in [-0.15, -0.1) is 23.5 Å². The van der Waals surface area contributed by atoms with Crippen molar-refractivity contribution in [1.29, 1.82) is 0 Å². The fourth-order valence-electron chi connectivity index (χ4n) is 5.73. The lowest BCUT2D eigenvalue weighted by atomic mass is 9.76.